The van der Waals surface area contributed by atoms with Gasteiger partial charge in [0.25, 0.3) is 0 Å². The highest BCUT2D eigenvalue weighted by molar-refractivity contribution is 5.88. The third-order valence-corrected chi connectivity index (χ3v) is 1.74. The van der Waals surface area contributed by atoms with Crippen molar-refractivity contribution in [3.63, 3.8) is 0 Å². The van der Waals surface area contributed by atoms with Crippen LogP contribution in [0.2, 0.25) is 0 Å². The molecule has 0 unspecified atom stereocenters. The molecule has 4 heteroatoms. The van der Waals surface area contributed by atoms with Gasteiger partial charge in [-0.3, -0.25) is 0 Å². The van der Waals surface area contributed by atoms with E-state index < -0.39 is 5.97 Å². The standard InChI is InChI=1S/C12H14O4/c1-9(2)12(14)16-11-5-3-10(4-6-11)15-8-7-13/h3-6,13H,1,7-8H2,2H3. The predicted molar refractivity (Wildman–Crippen MR) is 59.5 cm³/mol. The van der Waals surface area contributed by atoms with Crippen LogP contribution in [0.5, 0.6) is 11.5 Å². The van der Waals surface area contributed by atoms with Crippen LogP contribution in [-0.4, -0.2) is 24.3 Å². The summed E-state index contributed by atoms with van der Waals surface area (Å²) in [6.07, 6.45) is 0. The number of esters is 1. The van der Waals surface area contributed by atoms with Gasteiger partial charge in [0.15, 0.2) is 0 Å². The van der Waals surface area contributed by atoms with Gasteiger partial charge in [-0.25, -0.2) is 4.79 Å². The Labute approximate surface area is 94.1 Å². The molecule has 1 aromatic rings. The van der Waals surface area contributed by atoms with Crippen molar-refractivity contribution in [2.75, 3.05) is 13.2 Å². The molecule has 0 aromatic heterocycles. The van der Waals surface area contributed by atoms with E-state index in [1.807, 2.05) is 0 Å². The van der Waals surface area contributed by atoms with E-state index in [0.717, 1.165) is 0 Å². The highest BCUT2D eigenvalue weighted by Gasteiger charge is 2.04. The highest BCUT2D eigenvalue weighted by atomic mass is 16.5. The van der Waals surface area contributed by atoms with Gasteiger partial charge in [-0.1, -0.05) is 6.58 Å². The van der Waals surface area contributed by atoms with E-state index in [9.17, 15) is 4.79 Å². The summed E-state index contributed by atoms with van der Waals surface area (Å²) in [6, 6.07) is 6.56. The number of aliphatic hydroxyl groups excluding tert-OH is 1. The molecular weight excluding hydrogens is 208 g/mol. The number of hydrogen-bond donors (Lipinski definition) is 1. The van der Waals surface area contributed by atoms with Crippen LogP contribution >= 0.6 is 0 Å². The van der Waals surface area contributed by atoms with Crippen molar-refractivity contribution in [1.82, 2.24) is 0 Å². The molecule has 1 N–H and O–H groups in total. The number of benzene rings is 1. The molecule has 1 rings (SSSR count). The van der Waals surface area contributed by atoms with Crippen molar-refractivity contribution in [2.24, 2.45) is 0 Å². The van der Waals surface area contributed by atoms with Gasteiger partial charge in [-0.2, -0.15) is 0 Å². The Morgan fingerprint density at radius 3 is 2.38 bits per heavy atom. The van der Waals surface area contributed by atoms with Gasteiger partial charge in [0, 0.05) is 5.57 Å². The van der Waals surface area contributed by atoms with Crippen LogP contribution in [0.3, 0.4) is 0 Å². The van der Waals surface area contributed by atoms with Crippen LogP contribution in [0, 0.1) is 0 Å². The van der Waals surface area contributed by atoms with Crippen LogP contribution in [-0.2, 0) is 4.79 Å². The number of carbonyl (C=O) groups is 1. The van der Waals surface area contributed by atoms with Crippen molar-refractivity contribution in [2.45, 2.75) is 6.92 Å². The predicted octanol–water partition coefficient (Wildman–Crippen LogP) is 1.54. The van der Waals surface area contributed by atoms with Crippen LogP contribution in [0.25, 0.3) is 0 Å². The lowest BCUT2D eigenvalue weighted by molar-refractivity contribution is -0.130. The Hall–Kier alpha value is -1.81. The summed E-state index contributed by atoms with van der Waals surface area (Å²) >= 11 is 0. The van der Waals surface area contributed by atoms with E-state index in [2.05, 4.69) is 6.58 Å². The van der Waals surface area contributed by atoms with Crippen molar-refractivity contribution in [3.8, 4) is 11.5 Å². The molecule has 1 aromatic carbocycles. The van der Waals surface area contributed by atoms with Gasteiger partial charge in [-0.15, -0.1) is 0 Å². The molecule has 0 saturated carbocycles. The molecular formula is C12H14O4. The van der Waals surface area contributed by atoms with E-state index >= 15 is 0 Å². The summed E-state index contributed by atoms with van der Waals surface area (Å²) in [5.41, 5.74) is 0.348. The van der Waals surface area contributed by atoms with Crippen molar-refractivity contribution in [3.05, 3.63) is 36.4 Å². The Morgan fingerprint density at radius 2 is 1.88 bits per heavy atom. The number of ether oxygens (including phenoxy) is 2. The van der Waals surface area contributed by atoms with Crippen molar-refractivity contribution >= 4 is 5.97 Å². The molecule has 86 valence electrons. The fourth-order valence-corrected chi connectivity index (χ4v) is 0.962. The molecule has 0 aliphatic heterocycles. The first kappa shape index (κ1) is 12.3. The third-order valence-electron chi connectivity index (χ3n) is 1.74. The summed E-state index contributed by atoms with van der Waals surface area (Å²) in [4.78, 5) is 11.2. The van der Waals surface area contributed by atoms with Crippen LogP contribution < -0.4 is 9.47 Å². The van der Waals surface area contributed by atoms with Crippen LogP contribution in [0.4, 0.5) is 0 Å². The number of rotatable bonds is 5. The first-order valence-corrected chi connectivity index (χ1v) is 4.85. The first-order chi connectivity index (χ1) is 7.63. The lowest BCUT2D eigenvalue weighted by Crippen LogP contribution is -2.08. The molecule has 0 fully saturated rings. The van der Waals surface area contributed by atoms with Crippen LogP contribution in [0.1, 0.15) is 6.92 Å². The Morgan fingerprint density at radius 1 is 1.31 bits per heavy atom. The SMILES string of the molecule is C=C(C)C(=O)Oc1ccc(OCCO)cc1. The van der Waals surface area contributed by atoms with E-state index in [1.54, 1.807) is 31.2 Å². The summed E-state index contributed by atoms with van der Waals surface area (Å²) in [7, 11) is 0. The van der Waals surface area contributed by atoms with E-state index in [0.29, 0.717) is 17.1 Å². The maximum atomic E-state index is 11.2. The second-order valence-electron chi connectivity index (χ2n) is 3.21. The topological polar surface area (TPSA) is 55.8 Å². The first-order valence-electron chi connectivity index (χ1n) is 4.85. The second kappa shape index (κ2) is 5.92. The minimum absolute atomic E-state index is 0.0353. The lowest BCUT2D eigenvalue weighted by Gasteiger charge is -2.06. The van der Waals surface area contributed by atoms with Crippen molar-refractivity contribution < 1.29 is 19.4 Å². The number of aliphatic hydroxyl groups is 1. The highest BCUT2D eigenvalue weighted by Crippen LogP contribution is 2.18. The smallest absolute Gasteiger partial charge is 0.338 e. The summed E-state index contributed by atoms with van der Waals surface area (Å²) < 4.78 is 10.1. The number of carbonyl (C=O) groups excluding carboxylic acids is 1. The third kappa shape index (κ3) is 3.74. The second-order valence-corrected chi connectivity index (χ2v) is 3.21. The Kier molecular flexibility index (Phi) is 4.54. The molecule has 0 saturated heterocycles. The molecule has 0 heterocycles. The van der Waals surface area contributed by atoms with Gasteiger partial charge in [0.2, 0.25) is 0 Å². The molecule has 0 atom stereocenters. The van der Waals surface area contributed by atoms with Crippen molar-refractivity contribution in [1.29, 1.82) is 0 Å². The molecule has 0 aliphatic rings. The van der Waals surface area contributed by atoms with E-state index in [4.69, 9.17) is 14.6 Å². The number of hydrogen-bond acceptors (Lipinski definition) is 4. The van der Waals surface area contributed by atoms with E-state index in [-0.39, 0.29) is 13.2 Å². The minimum Gasteiger partial charge on any atom is -0.491 e. The molecule has 0 aliphatic carbocycles. The average Bonchev–Trinajstić information content (AvgIpc) is 2.28. The fraction of sp³-hybridized carbons (Fsp3) is 0.250. The van der Waals surface area contributed by atoms with Gasteiger partial charge >= 0.3 is 5.97 Å². The molecule has 4 nitrogen and oxygen atoms in total. The van der Waals surface area contributed by atoms with Gasteiger partial charge in [0.05, 0.1) is 6.61 Å². The monoisotopic (exact) mass is 222 g/mol. The molecule has 0 radical (unpaired) electrons. The van der Waals surface area contributed by atoms with Crippen LogP contribution in [0.15, 0.2) is 36.4 Å². The average molecular weight is 222 g/mol. The van der Waals surface area contributed by atoms with Gasteiger partial charge in [-0.05, 0) is 31.2 Å². The maximum absolute atomic E-state index is 11.2. The molecule has 16 heavy (non-hydrogen) atoms. The normalized spacial score (nSPS) is 9.62. The molecule has 0 bridgehead atoms. The lowest BCUT2D eigenvalue weighted by atomic mass is 10.3. The molecule has 0 spiro atoms. The Bertz CT molecular complexity index is 367. The fourth-order valence-electron chi connectivity index (χ4n) is 0.962. The van der Waals surface area contributed by atoms with Gasteiger partial charge < -0.3 is 14.6 Å². The maximum Gasteiger partial charge on any atom is 0.338 e. The largest absolute Gasteiger partial charge is 0.491 e. The minimum atomic E-state index is -0.455. The van der Waals surface area contributed by atoms with E-state index in [1.165, 1.54) is 0 Å². The summed E-state index contributed by atoms with van der Waals surface area (Å²) in [5, 5.41) is 8.56. The zero-order chi connectivity index (χ0) is 12.0. The summed E-state index contributed by atoms with van der Waals surface area (Å²) in [5.74, 6) is 0.595. The zero-order valence-electron chi connectivity index (χ0n) is 9.10. The summed E-state index contributed by atoms with van der Waals surface area (Å²) in [6.45, 7) is 5.27. The quantitative estimate of drug-likeness (QED) is 0.466. The zero-order valence-corrected chi connectivity index (χ0v) is 9.10. The Balaban J connectivity index is 2.57. The molecule has 0 amide bonds. The van der Waals surface area contributed by atoms with Gasteiger partial charge in [0.1, 0.15) is 18.1 Å².